The molecule has 2 aromatic carbocycles. The van der Waals surface area contributed by atoms with E-state index in [9.17, 15) is 14.4 Å². The van der Waals surface area contributed by atoms with Crippen molar-refractivity contribution in [3.8, 4) is 0 Å². The summed E-state index contributed by atoms with van der Waals surface area (Å²) < 4.78 is 9.94. The van der Waals surface area contributed by atoms with Crippen LogP contribution in [0.25, 0.3) is 0 Å². The lowest BCUT2D eigenvalue weighted by Gasteiger charge is -2.35. The smallest absolute Gasteiger partial charge is 0.340 e. The summed E-state index contributed by atoms with van der Waals surface area (Å²) in [4.78, 5) is 38.4. The van der Waals surface area contributed by atoms with E-state index >= 15 is 0 Å². The van der Waals surface area contributed by atoms with Gasteiger partial charge in [0.05, 0.1) is 17.7 Å². The summed E-state index contributed by atoms with van der Waals surface area (Å²) in [6, 6.07) is 13.3. The topological polar surface area (TPSA) is 72.9 Å². The fourth-order valence-electron chi connectivity index (χ4n) is 3.05. The molecule has 1 heterocycles. The van der Waals surface area contributed by atoms with Gasteiger partial charge < -0.3 is 14.4 Å². The molecule has 2 aromatic rings. The van der Waals surface area contributed by atoms with Crippen LogP contribution in [0.2, 0.25) is 5.02 Å². The van der Waals surface area contributed by atoms with Crippen molar-refractivity contribution in [2.24, 2.45) is 0 Å². The lowest BCUT2D eigenvalue weighted by atomic mass is 9.94. The van der Waals surface area contributed by atoms with E-state index in [4.69, 9.17) is 21.1 Å². The lowest BCUT2D eigenvalue weighted by Crippen LogP contribution is -2.50. The van der Waals surface area contributed by atoms with Gasteiger partial charge in [-0.2, -0.15) is 0 Å². The predicted molar refractivity (Wildman–Crippen MR) is 98.2 cm³/mol. The van der Waals surface area contributed by atoms with Gasteiger partial charge in [-0.1, -0.05) is 48.0 Å². The molecule has 0 radical (unpaired) electrons. The highest BCUT2D eigenvalue weighted by atomic mass is 35.5. The number of halogens is 1. The van der Waals surface area contributed by atoms with Crippen LogP contribution in [0.4, 0.5) is 0 Å². The molecule has 3 rings (SSSR count). The number of carbonyl (C=O) groups excluding carboxylic acids is 3. The minimum atomic E-state index is -0.753. The first-order chi connectivity index (χ1) is 13.0. The van der Waals surface area contributed by atoms with Crippen molar-refractivity contribution in [1.29, 1.82) is 0 Å². The molecule has 0 aliphatic carbocycles. The molecule has 1 aliphatic heterocycles. The second-order valence-corrected chi connectivity index (χ2v) is 6.50. The molecule has 1 atom stereocenters. The highest BCUT2D eigenvalue weighted by Gasteiger charge is 2.35. The molecule has 1 amide bonds. The Balaban J connectivity index is 1.73. The first kappa shape index (κ1) is 18.9. The number of hydrogen-bond donors (Lipinski definition) is 0. The van der Waals surface area contributed by atoms with Gasteiger partial charge in [0.1, 0.15) is 6.04 Å². The normalized spacial score (nSPS) is 15.6. The minimum Gasteiger partial charge on any atom is -0.467 e. The molecule has 0 aromatic heterocycles. The van der Waals surface area contributed by atoms with E-state index in [0.717, 1.165) is 11.1 Å². The van der Waals surface area contributed by atoms with Gasteiger partial charge in [-0.05, 0) is 23.3 Å². The quantitative estimate of drug-likeness (QED) is 0.754. The summed E-state index contributed by atoms with van der Waals surface area (Å²) in [5, 5.41) is 0.245. The summed E-state index contributed by atoms with van der Waals surface area (Å²) in [6.07, 6.45) is 0.354. The average molecular weight is 388 g/mol. The summed E-state index contributed by atoms with van der Waals surface area (Å²) in [7, 11) is 1.28. The maximum atomic E-state index is 12.7. The first-order valence-corrected chi connectivity index (χ1v) is 8.74. The second-order valence-electron chi connectivity index (χ2n) is 6.09. The fourth-order valence-corrected chi connectivity index (χ4v) is 3.26. The molecular formula is C20H18ClNO5. The van der Waals surface area contributed by atoms with E-state index in [1.165, 1.54) is 18.1 Å². The highest BCUT2D eigenvalue weighted by molar-refractivity contribution is 6.33. The molecule has 0 saturated carbocycles. The molecule has 0 bridgehead atoms. The number of methoxy groups -OCH3 is 1. The van der Waals surface area contributed by atoms with Gasteiger partial charge in [-0.15, -0.1) is 0 Å². The number of ether oxygens (including phenoxy) is 2. The van der Waals surface area contributed by atoms with Crippen LogP contribution in [0.1, 0.15) is 21.5 Å². The van der Waals surface area contributed by atoms with Gasteiger partial charge in [0.15, 0.2) is 6.61 Å². The van der Waals surface area contributed by atoms with Crippen molar-refractivity contribution in [2.45, 2.75) is 19.0 Å². The molecule has 0 unspecified atom stereocenters. The number of nitrogens with zero attached hydrogens (tertiary/aromatic N) is 1. The Bertz CT molecular complexity index is 882. The standard InChI is InChI=1S/C20H18ClNO5/c1-26-20(25)17-10-13-6-2-3-7-14(13)11-22(17)18(23)12-27-19(24)15-8-4-5-9-16(15)21/h2-9,17H,10-12H2,1H3/t17-/m0/s1. The third kappa shape index (κ3) is 4.11. The van der Waals surface area contributed by atoms with Crippen LogP contribution < -0.4 is 0 Å². The maximum absolute atomic E-state index is 12.7. The van der Waals surface area contributed by atoms with Crippen LogP contribution in [-0.4, -0.2) is 42.5 Å². The van der Waals surface area contributed by atoms with Gasteiger partial charge in [-0.25, -0.2) is 9.59 Å². The van der Waals surface area contributed by atoms with Crippen molar-refractivity contribution in [3.63, 3.8) is 0 Å². The molecule has 0 N–H and O–H groups in total. The molecule has 27 heavy (non-hydrogen) atoms. The van der Waals surface area contributed by atoms with Crippen LogP contribution in [0.15, 0.2) is 48.5 Å². The monoisotopic (exact) mass is 387 g/mol. The van der Waals surface area contributed by atoms with Gasteiger partial charge in [0.2, 0.25) is 0 Å². The van der Waals surface area contributed by atoms with E-state index in [2.05, 4.69) is 0 Å². The Hall–Kier alpha value is -2.86. The maximum Gasteiger partial charge on any atom is 0.340 e. The van der Waals surface area contributed by atoms with Gasteiger partial charge in [0, 0.05) is 13.0 Å². The molecule has 7 heteroatoms. The zero-order valence-electron chi connectivity index (χ0n) is 14.7. The Kier molecular flexibility index (Phi) is 5.76. The van der Waals surface area contributed by atoms with Crippen LogP contribution in [0, 0.1) is 0 Å². The SMILES string of the molecule is COC(=O)[C@@H]1Cc2ccccc2CN1C(=O)COC(=O)c1ccccc1Cl. The summed E-state index contributed by atoms with van der Waals surface area (Å²) in [5.41, 5.74) is 2.12. The van der Waals surface area contributed by atoms with Crippen molar-refractivity contribution in [1.82, 2.24) is 4.90 Å². The minimum absolute atomic E-state index is 0.181. The molecule has 1 aliphatic rings. The van der Waals surface area contributed by atoms with Crippen LogP contribution in [0.5, 0.6) is 0 Å². The Labute approximate surface area is 161 Å². The summed E-state index contributed by atoms with van der Waals surface area (Å²) >= 11 is 5.97. The van der Waals surface area contributed by atoms with Crippen LogP contribution in [-0.2, 0) is 32.0 Å². The van der Waals surface area contributed by atoms with Gasteiger partial charge in [-0.3, -0.25) is 4.79 Å². The third-order valence-corrected chi connectivity index (χ3v) is 4.79. The number of fused-ring (bicyclic) bond motifs is 1. The van der Waals surface area contributed by atoms with E-state index in [1.54, 1.807) is 18.2 Å². The van der Waals surface area contributed by atoms with Crippen molar-refractivity contribution >= 4 is 29.4 Å². The summed E-state index contributed by atoms with van der Waals surface area (Å²) in [5.74, 6) is -1.67. The number of esters is 2. The van der Waals surface area contributed by atoms with Crippen LogP contribution in [0.3, 0.4) is 0 Å². The van der Waals surface area contributed by atoms with E-state index in [-0.39, 0.29) is 17.1 Å². The first-order valence-electron chi connectivity index (χ1n) is 8.37. The number of hydrogen-bond acceptors (Lipinski definition) is 5. The molecular weight excluding hydrogens is 370 g/mol. The highest BCUT2D eigenvalue weighted by Crippen LogP contribution is 2.24. The molecule has 0 saturated heterocycles. The molecule has 6 nitrogen and oxygen atoms in total. The van der Waals surface area contributed by atoms with Crippen molar-refractivity contribution in [3.05, 3.63) is 70.2 Å². The predicted octanol–water partition coefficient (Wildman–Crippen LogP) is 2.62. The van der Waals surface area contributed by atoms with E-state index in [0.29, 0.717) is 6.42 Å². The van der Waals surface area contributed by atoms with Gasteiger partial charge >= 0.3 is 11.9 Å². The van der Waals surface area contributed by atoms with Gasteiger partial charge in [0.25, 0.3) is 5.91 Å². The summed E-state index contributed by atoms with van der Waals surface area (Å²) in [6.45, 7) is -0.238. The average Bonchev–Trinajstić information content (AvgIpc) is 2.70. The Morgan fingerprint density at radius 1 is 1.07 bits per heavy atom. The number of amides is 1. The molecule has 140 valence electrons. The van der Waals surface area contributed by atoms with Crippen LogP contribution >= 0.6 is 11.6 Å². The number of rotatable bonds is 4. The zero-order valence-corrected chi connectivity index (χ0v) is 15.4. The number of benzene rings is 2. The third-order valence-electron chi connectivity index (χ3n) is 4.46. The Morgan fingerprint density at radius 3 is 2.44 bits per heavy atom. The lowest BCUT2D eigenvalue weighted by molar-refractivity contribution is -0.155. The number of carbonyl (C=O) groups is 3. The van der Waals surface area contributed by atoms with E-state index < -0.39 is 30.5 Å². The molecule has 0 fully saturated rings. The fraction of sp³-hybridized carbons (Fsp3) is 0.250. The zero-order chi connectivity index (χ0) is 19.4. The van der Waals surface area contributed by atoms with Crippen molar-refractivity contribution in [2.75, 3.05) is 13.7 Å². The molecule has 0 spiro atoms. The van der Waals surface area contributed by atoms with Crippen molar-refractivity contribution < 1.29 is 23.9 Å². The van der Waals surface area contributed by atoms with E-state index in [1.807, 2.05) is 24.3 Å². The second kappa shape index (κ2) is 8.22. The Morgan fingerprint density at radius 2 is 1.74 bits per heavy atom. The largest absolute Gasteiger partial charge is 0.467 e.